The molecule has 0 fully saturated rings. The van der Waals surface area contributed by atoms with Crippen molar-refractivity contribution in [1.29, 1.82) is 0 Å². The van der Waals surface area contributed by atoms with Crippen molar-refractivity contribution in [3.05, 3.63) is 47.0 Å². The molecule has 5 heteroatoms. The van der Waals surface area contributed by atoms with Gasteiger partial charge < -0.3 is 10.1 Å². The molecule has 0 saturated carbocycles. The van der Waals surface area contributed by atoms with Gasteiger partial charge in [-0.05, 0) is 37.2 Å². The molecule has 1 aromatic carbocycles. The molecule has 2 aromatic rings. The summed E-state index contributed by atoms with van der Waals surface area (Å²) in [5, 5.41) is 7.65. The number of aryl methyl sites for hydroxylation is 2. The largest absolute Gasteiger partial charge is 0.494 e. The first-order valence-corrected chi connectivity index (χ1v) is 6.64. The summed E-state index contributed by atoms with van der Waals surface area (Å²) >= 11 is 0. The number of benzene rings is 1. The Balaban J connectivity index is 2.41. The number of nitrogens with zero attached hydrogens (tertiary/aromatic N) is 2. The van der Waals surface area contributed by atoms with E-state index in [0.717, 1.165) is 23.4 Å². The molecule has 0 bridgehead atoms. The van der Waals surface area contributed by atoms with E-state index >= 15 is 0 Å². The SMILES string of the molecule is CCc1cc(C(NC)c2ccc(OC)c(F)c2)n(C)n1. The van der Waals surface area contributed by atoms with Crippen LogP contribution in [0.5, 0.6) is 5.75 Å². The number of hydrogen-bond donors (Lipinski definition) is 1. The topological polar surface area (TPSA) is 39.1 Å². The number of nitrogens with one attached hydrogen (secondary N) is 1. The summed E-state index contributed by atoms with van der Waals surface area (Å²) in [6.07, 6.45) is 0.876. The smallest absolute Gasteiger partial charge is 0.165 e. The lowest BCUT2D eigenvalue weighted by Gasteiger charge is -2.17. The van der Waals surface area contributed by atoms with Crippen LogP contribution in [-0.2, 0) is 13.5 Å². The molecule has 1 aromatic heterocycles. The Morgan fingerprint density at radius 2 is 2.15 bits per heavy atom. The highest BCUT2D eigenvalue weighted by atomic mass is 19.1. The van der Waals surface area contributed by atoms with Gasteiger partial charge in [0.25, 0.3) is 0 Å². The minimum Gasteiger partial charge on any atom is -0.494 e. The van der Waals surface area contributed by atoms with Crippen molar-refractivity contribution < 1.29 is 9.13 Å². The molecule has 0 amide bonds. The van der Waals surface area contributed by atoms with Gasteiger partial charge in [-0.3, -0.25) is 4.68 Å². The van der Waals surface area contributed by atoms with Crippen molar-refractivity contribution in [1.82, 2.24) is 15.1 Å². The van der Waals surface area contributed by atoms with Gasteiger partial charge in [-0.15, -0.1) is 0 Å². The molecule has 1 unspecified atom stereocenters. The van der Waals surface area contributed by atoms with E-state index in [4.69, 9.17) is 4.74 Å². The Morgan fingerprint density at radius 1 is 1.40 bits per heavy atom. The van der Waals surface area contributed by atoms with Crippen LogP contribution in [0.1, 0.15) is 29.9 Å². The Kier molecular flexibility index (Phi) is 4.39. The highest BCUT2D eigenvalue weighted by molar-refractivity contribution is 5.35. The number of hydrogen-bond acceptors (Lipinski definition) is 3. The van der Waals surface area contributed by atoms with Crippen LogP contribution < -0.4 is 10.1 Å². The fourth-order valence-corrected chi connectivity index (χ4v) is 2.33. The zero-order valence-electron chi connectivity index (χ0n) is 12.3. The molecule has 0 aliphatic carbocycles. The molecule has 1 heterocycles. The zero-order chi connectivity index (χ0) is 14.7. The van der Waals surface area contributed by atoms with E-state index in [2.05, 4.69) is 17.3 Å². The fraction of sp³-hybridized carbons (Fsp3) is 0.400. The molecule has 0 aliphatic heterocycles. The number of aromatic nitrogens is 2. The summed E-state index contributed by atoms with van der Waals surface area (Å²) in [6, 6.07) is 6.95. The number of rotatable bonds is 5. The Bertz CT molecular complexity index is 595. The van der Waals surface area contributed by atoms with Crippen molar-refractivity contribution in [2.24, 2.45) is 7.05 Å². The second kappa shape index (κ2) is 6.05. The molecule has 1 N–H and O–H groups in total. The molecule has 0 saturated heterocycles. The van der Waals surface area contributed by atoms with Gasteiger partial charge in [-0.1, -0.05) is 13.0 Å². The highest BCUT2D eigenvalue weighted by Crippen LogP contribution is 2.26. The first kappa shape index (κ1) is 14.5. The van der Waals surface area contributed by atoms with Crippen LogP contribution in [0, 0.1) is 5.82 Å². The van der Waals surface area contributed by atoms with Gasteiger partial charge >= 0.3 is 0 Å². The van der Waals surface area contributed by atoms with Crippen LogP contribution in [0.15, 0.2) is 24.3 Å². The zero-order valence-corrected chi connectivity index (χ0v) is 12.3. The molecule has 0 aliphatic rings. The Morgan fingerprint density at radius 3 is 2.65 bits per heavy atom. The summed E-state index contributed by atoms with van der Waals surface area (Å²) in [5.74, 6) is -0.106. The third-order valence-corrected chi connectivity index (χ3v) is 3.42. The Labute approximate surface area is 118 Å². The van der Waals surface area contributed by atoms with E-state index in [1.807, 2.05) is 30.9 Å². The maximum atomic E-state index is 13.9. The molecule has 4 nitrogen and oxygen atoms in total. The maximum Gasteiger partial charge on any atom is 0.165 e. The Hall–Kier alpha value is -1.88. The van der Waals surface area contributed by atoms with Crippen LogP contribution >= 0.6 is 0 Å². The van der Waals surface area contributed by atoms with Gasteiger partial charge in [0.05, 0.1) is 24.5 Å². The maximum absolute atomic E-state index is 13.9. The van der Waals surface area contributed by atoms with Crippen molar-refractivity contribution in [3.8, 4) is 5.75 Å². The molecular weight excluding hydrogens is 257 g/mol. The predicted octanol–water partition coefficient (Wildman–Crippen LogP) is 2.44. The molecule has 2 rings (SSSR count). The molecule has 20 heavy (non-hydrogen) atoms. The van der Waals surface area contributed by atoms with Crippen molar-refractivity contribution in [3.63, 3.8) is 0 Å². The third kappa shape index (κ3) is 2.67. The summed E-state index contributed by atoms with van der Waals surface area (Å²) < 4.78 is 20.6. The van der Waals surface area contributed by atoms with Crippen LogP contribution in [0.3, 0.4) is 0 Å². The van der Waals surface area contributed by atoms with Gasteiger partial charge in [0.2, 0.25) is 0 Å². The number of ether oxygens (including phenoxy) is 1. The van der Waals surface area contributed by atoms with Crippen LogP contribution in [0.4, 0.5) is 4.39 Å². The second-order valence-electron chi connectivity index (χ2n) is 4.65. The standard InChI is InChI=1S/C15H20FN3O/c1-5-11-9-13(19(3)18-11)15(17-2)10-6-7-14(20-4)12(16)8-10/h6-9,15,17H,5H2,1-4H3. The van der Waals surface area contributed by atoms with Gasteiger partial charge in [-0.25, -0.2) is 4.39 Å². The molecule has 0 radical (unpaired) electrons. The third-order valence-electron chi connectivity index (χ3n) is 3.42. The van der Waals surface area contributed by atoms with Crippen molar-refractivity contribution in [2.45, 2.75) is 19.4 Å². The lowest BCUT2D eigenvalue weighted by Crippen LogP contribution is -2.20. The summed E-state index contributed by atoms with van der Waals surface area (Å²) in [4.78, 5) is 0. The molecular formula is C15H20FN3O. The van der Waals surface area contributed by atoms with Gasteiger partial charge in [0, 0.05) is 7.05 Å². The van der Waals surface area contributed by atoms with Gasteiger partial charge in [0.1, 0.15) is 0 Å². The number of halogens is 1. The van der Waals surface area contributed by atoms with E-state index < -0.39 is 0 Å². The van der Waals surface area contributed by atoms with E-state index in [9.17, 15) is 4.39 Å². The van der Waals surface area contributed by atoms with E-state index in [-0.39, 0.29) is 17.6 Å². The first-order chi connectivity index (χ1) is 9.60. The van der Waals surface area contributed by atoms with Crippen molar-refractivity contribution >= 4 is 0 Å². The van der Waals surface area contributed by atoms with E-state index in [1.165, 1.54) is 13.2 Å². The quantitative estimate of drug-likeness (QED) is 0.912. The summed E-state index contributed by atoms with van der Waals surface area (Å²) in [6.45, 7) is 2.06. The first-order valence-electron chi connectivity index (χ1n) is 6.64. The minimum atomic E-state index is -0.358. The lowest BCUT2D eigenvalue weighted by atomic mass is 10.0. The minimum absolute atomic E-state index is 0.104. The van der Waals surface area contributed by atoms with Gasteiger partial charge in [-0.2, -0.15) is 5.10 Å². The molecule has 1 atom stereocenters. The van der Waals surface area contributed by atoms with Crippen molar-refractivity contribution in [2.75, 3.05) is 14.2 Å². The fourth-order valence-electron chi connectivity index (χ4n) is 2.33. The summed E-state index contributed by atoms with van der Waals surface area (Å²) in [5.41, 5.74) is 2.88. The highest BCUT2D eigenvalue weighted by Gasteiger charge is 2.18. The van der Waals surface area contributed by atoms with Gasteiger partial charge in [0.15, 0.2) is 11.6 Å². The molecule has 0 spiro atoms. The summed E-state index contributed by atoms with van der Waals surface area (Å²) in [7, 11) is 5.21. The van der Waals surface area contributed by atoms with E-state index in [0.29, 0.717) is 0 Å². The normalized spacial score (nSPS) is 12.4. The predicted molar refractivity (Wildman–Crippen MR) is 76.4 cm³/mol. The van der Waals surface area contributed by atoms with E-state index in [1.54, 1.807) is 6.07 Å². The monoisotopic (exact) mass is 277 g/mol. The van der Waals surface area contributed by atoms with Crippen LogP contribution in [0.25, 0.3) is 0 Å². The second-order valence-corrected chi connectivity index (χ2v) is 4.65. The van der Waals surface area contributed by atoms with Crippen LogP contribution in [0.2, 0.25) is 0 Å². The lowest BCUT2D eigenvalue weighted by molar-refractivity contribution is 0.385. The molecule has 108 valence electrons. The average molecular weight is 277 g/mol. The number of methoxy groups -OCH3 is 1. The van der Waals surface area contributed by atoms with Crippen LogP contribution in [-0.4, -0.2) is 23.9 Å². The average Bonchev–Trinajstić information content (AvgIpc) is 2.81.